The summed E-state index contributed by atoms with van der Waals surface area (Å²) < 4.78 is 15.8. The van der Waals surface area contributed by atoms with Crippen LogP contribution in [0.25, 0.3) is 0 Å². The summed E-state index contributed by atoms with van der Waals surface area (Å²) in [5.74, 6) is 1.71. The molecule has 0 spiro atoms. The van der Waals surface area contributed by atoms with Crippen molar-refractivity contribution in [2.75, 3.05) is 33.9 Å². The molecule has 1 amide bonds. The molecule has 26 heavy (non-hydrogen) atoms. The van der Waals surface area contributed by atoms with E-state index in [1.807, 2.05) is 12.1 Å². The molecule has 2 atom stereocenters. The number of aryl methyl sites for hydroxylation is 1. The van der Waals surface area contributed by atoms with Crippen LogP contribution in [0, 0.1) is 11.8 Å². The van der Waals surface area contributed by atoms with Crippen molar-refractivity contribution in [1.29, 1.82) is 0 Å². The highest BCUT2D eigenvalue weighted by atomic mass is 16.5. The molecule has 0 bridgehead atoms. The fourth-order valence-electron chi connectivity index (χ4n) is 3.56. The van der Waals surface area contributed by atoms with Gasteiger partial charge in [0.1, 0.15) is 0 Å². The second-order valence-corrected chi connectivity index (χ2v) is 7.06. The summed E-state index contributed by atoms with van der Waals surface area (Å²) in [4.78, 5) is 26.1. The van der Waals surface area contributed by atoms with E-state index in [2.05, 4.69) is 13.8 Å². The molecule has 0 N–H and O–H groups in total. The Balaban J connectivity index is 1.81. The topological polar surface area (TPSA) is 65.1 Å². The first kappa shape index (κ1) is 20.1. The number of hydrogen-bond acceptors (Lipinski definition) is 5. The Morgan fingerprint density at radius 2 is 1.81 bits per heavy atom. The highest BCUT2D eigenvalue weighted by molar-refractivity contribution is 5.80. The molecule has 1 saturated heterocycles. The molecule has 144 valence electrons. The number of piperidine rings is 1. The zero-order valence-electron chi connectivity index (χ0n) is 16.1. The van der Waals surface area contributed by atoms with Gasteiger partial charge in [0.05, 0.1) is 14.2 Å². The fourth-order valence-corrected chi connectivity index (χ4v) is 3.56. The SMILES string of the molecule is COc1cccc(CCC(=O)OCC(=O)N2CC(C)CC(C)C2)c1OC. The van der Waals surface area contributed by atoms with Crippen LogP contribution in [0.4, 0.5) is 0 Å². The standard InChI is InChI=1S/C20H29NO5/c1-14-10-15(2)12-21(11-14)18(22)13-26-19(23)9-8-16-6-5-7-17(24-3)20(16)25-4/h5-7,14-15H,8-13H2,1-4H3. The summed E-state index contributed by atoms with van der Waals surface area (Å²) in [5.41, 5.74) is 0.869. The number of amides is 1. The predicted octanol–water partition coefficient (Wildman–Crippen LogP) is 2.68. The van der Waals surface area contributed by atoms with Crippen LogP contribution >= 0.6 is 0 Å². The van der Waals surface area contributed by atoms with Crippen molar-refractivity contribution in [2.24, 2.45) is 11.8 Å². The minimum atomic E-state index is -0.388. The molecule has 1 aliphatic heterocycles. The van der Waals surface area contributed by atoms with Crippen molar-refractivity contribution in [3.05, 3.63) is 23.8 Å². The first-order valence-electron chi connectivity index (χ1n) is 9.07. The van der Waals surface area contributed by atoms with Crippen LogP contribution in [0.5, 0.6) is 11.5 Å². The number of carbonyl (C=O) groups excluding carboxylic acids is 2. The van der Waals surface area contributed by atoms with Gasteiger partial charge in [-0.2, -0.15) is 0 Å². The number of likely N-dealkylation sites (tertiary alicyclic amines) is 1. The van der Waals surface area contributed by atoms with Crippen LogP contribution in [0.15, 0.2) is 18.2 Å². The summed E-state index contributed by atoms with van der Waals surface area (Å²) in [6.07, 6.45) is 1.78. The Bertz CT molecular complexity index is 621. The Morgan fingerprint density at radius 1 is 1.12 bits per heavy atom. The van der Waals surface area contributed by atoms with Crippen molar-refractivity contribution in [1.82, 2.24) is 4.90 Å². The van der Waals surface area contributed by atoms with Gasteiger partial charge in [-0.05, 0) is 36.3 Å². The number of rotatable bonds is 7. The zero-order chi connectivity index (χ0) is 19.1. The van der Waals surface area contributed by atoms with Crippen molar-refractivity contribution in [3.63, 3.8) is 0 Å². The quantitative estimate of drug-likeness (QED) is 0.697. The number of carbonyl (C=O) groups is 2. The van der Waals surface area contributed by atoms with Gasteiger partial charge in [0.25, 0.3) is 5.91 Å². The number of methoxy groups -OCH3 is 2. The molecular formula is C20H29NO5. The van der Waals surface area contributed by atoms with Crippen LogP contribution < -0.4 is 9.47 Å². The predicted molar refractivity (Wildman–Crippen MR) is 98.4 cm³/mol. The fraction of sp³-hybridized carbons (Fsp3) is 0.600. The molecule has 2 unspecified atom stereocenters. The number of nitrogens with zero attached hydrogens (tertiary/aromatic N) is 1. The molecule has 0 aliphatic carbocycles. The molecule has 1 aromatic rings. The third-order valence-electron chi connectivity index (χ3n) is 4.66. The van der Waals surface area contributed by atoms with Gasteiger partial charge in [-0.15, -0.1) is 0 Å². The Kier molecular flexibility index (Phi) is 7.30. The van der Waals surface area contributed by atoms with E-state index in [4.69, 9.17) is 14.2 Å². The third-order valence-corrected chi connectivity index (χ3v) is 4.66. The molecule has 1 aliphatic rings. The van der Waals surface area contributed by atoms with Gasteiger partial charge in [0.15, 0.2) is 18.1 Å². The first-order chi connectivity index (χ1) is 12.4. The minimum absolute atomic E-state index is 0.115. The summed E-state index contributed by atoms with van der Waals surface area (Å²) in [7, 11) is 3.14. The second-order valence-electron chi connectivity index (χ2n) is 7.06. The van der Waals surface area contributed by atoms with Gasteiger partial charge >= 0.3 is 5.97 Å². The van der Waals surface area contributed by atoms with Gasteiger partial charge in [-0.25, -0.2) is 0 Å². The Labute approximate surface area is 155 Å². The van der Waals surface area contributed by atoms with E-state index < -0.39 is 0 Å². The van der Waals surface area contributed by atoms with Gasteiger partial charge in [0.2, 0.25) is 0 Å². The van der Waals surface area contributed by atoms with Gasteiger partial charge in [-0.3, -0.25) is 9.59 Å². The van der Waals surface area contributed by atoms with Crippen LogP contribution in [-0.2, 0) is 20.7 Å². The lowest BCUT2D eigenvalue weighted by Crippen LogP contribution is -2.44. The second kappa shape index (κ2) is 9.46. The lowest BCUT2D eigenvalue weighted by atomic mass is 9.92. The number of esters is 1. The summed E-state index contributed by atoms with van der Waals surface area (Å²) in [6.45, 7) is 5.57. The van der Waals surface area contributed by atoms with Crippen LogP contribution in [-0.4, -0.2) is 50.7 Å². The Hall–Kier alpha value is -2.24. The molecule has 0 radical (unpaired) electrons. The van der Waals surface area contributed by atoms with Crippen molar-refractivity contribution < 1.29 is 23.8 Å². The van der Waals surface area contributed by atoms with E-state index in [-0.39, 0.29) is 24.9 Å². The molecule has 0 saturated carbocycles. The highest BCUT2D eigenvalue weighted by Crippen LogP contribution is 2.31. The summed E-state index contributed by atoms with van der Waals surface area (Å²) >= 11 is 0. The summed E-state index contributed by atoms with van der Waals surface area (Å²) in [6, 6.07) is 5.54. The normalized spacial score (nSPS) is 19.8. The first-order valence-corrected chi connectivity index (χ1v) is 9.07. The largest absolute Gasteiger partial charge is 0.493 e. The molecule has 1 heterocycles. The number of ether oxygens (including phenoxy) is 3. The minimum Gasteiger partial charge on any atom is -0.493 e. The van der Waals surface area contributed by atoms with Gasteiger partial charge in [-0.1, -0.05) is 26.0 Å². The molecule has 1 aromatic carbocycles. The third kappa shape index (κ3) is 5.38. The molecule has 0 aromatic heterocycles. The van der Waals surface area contributed by atoms with Crippen LogP contribution in [0.2, 0.25) is 0 Å². The highest BCUT2D eigenvalue weighted by Gasteiger charge is 2.25. The van der Waals surface area contributed by atoms with E-state index >= 15 is 0 Å². The molecule has 1 fully saturated rings. The molecule has 2 rings (SSSR count). The number of benzene rings is 1. The molecule has 6 nitrogen and oxygen atoms in total. The zero-order valence-corrected chi connectivity index (χ0v) is 16.1. The number of para-hydroxylation sites is 1. The Morgan fingerprint density at radius 3 is 2.42 bits per heavy atom. The lowest BCUT2D eigenvalue weighted by molar-refractivity contribution is -0.153. The van der Waals surface area contributed by atoms with Crippen molar-refractivity contribution in [3.8, 4) is 11.5 Å². The van der Waals surface area contributed by atoms with Crippen molar-refractivity contribution in [2.45, 2.75) is 33.1 Å². The average Bonchev–Trinajstić information content (AvgIpc) is 2.62. The van der Waals surface area contributed by atoms with Crippen LogP contribution in [0.1, 0.15) is 32.3 Å². The van der Waals surface area contributed by atoms with Gasteiger partial charge < -0.3 is 19.1 Å². The maximum atomic E-state index is 12.3. The van der Waals surface area contributed by atoms with E-state index in [1.54, 1.807) is 25.2 Å². The molecule has 6 heteroatoms. The van der Waals surface area contributed by atoms with E-state index in [9.17, 15) is 9.59 Å². The van der Waals surface area contributed by atoms with E-state index in [0.717, 1.165) is 25.1 Å². The van der Waals surface area contributed by atoms with Crippen molar-refractivity contribution >= 4 is 11.9 Å². The maximum Gasteiger partial charge on any atom is 0.306 e. The lowest BCUT2D eigenvalue weighted by Gasteiger charge is -2.34. The monoisotopic (exact) mass is 363 g/mol. The van der Waals surface area contributed by atoms with Crippen LogP contribution in [0.3, 0.4) is 0 Å². The van der Waals surface area contributed by atoms with E-state index in [1.165, 1.54) is 0 Å². The van der Waals surface area contributed by atoms with E-state index in [0.29, 0.717) is 29.8 Å². The smallest absolute Gasteiger partial charge is 0.306 e. The molecular weight excluding hydrogens is 334 g/mol. The number of hydrogen-bond donors (Lipinski definition) is 0. The van der Waals surface area contributed by atoms with Gasteiger partial charge in [0, 0.05) is 19.5 Å². The summed E-state index contributed by atoms with van der Waals surface area (Å²) in [5, 5.41) is 0. The maximum absolute atomic E-state index is 12.3. The average molecular weight is 363 g/mol.